The molecule has 0 saturated heterocycles. The number of aromatic amines is 1. The second kappa shape index (κ2) is 5.56. The Morgan fingerprint density at radius 1 is 1.25 bits per heavy atom. The molecule has 6 heteroatoms. The minimum atomic E-state index is 0.349. The van der Waals surface area contributed by atoms with E-state index in [2.05, 4.69) is 44.3 Å². The van der Waals surface area contributed by atoms with E-state index in [1.165, 1.54) is 11.4 Å². The molecule has 2 heterocycles. The summed E-state index contributed by atoms with van der Waals surface area (Å²) in [5, 5.41) is 11.9. The molecule has 0 aromatic carbocycles. The molecule has 0 amide bonds. The zero-order valence-electron chi connectivity index (χ0n) is 12.0. The number of aromatic nitrogens is 5. The molecular weight excluding hydrogens is 252 g/mol. The maximum Gasteiger partial charge on any atom is 0.243 e. The Bertz CT molecular complexity index is 591. The van der Waals surface area contributed by atoms with E-state index >= 15 is 0 Å². The molecule has 2 aromatic rings. The van der Waals surface area contributed by atoms with Crippen molar-refractivity contribution in [1.82, 2.24) is 25.1 Å². The predicted molar refractivity (Wildman–Crippen MR) is 76.6 cm³/mol. The van der Waals surface area contributed by atoms with E-state index in [0.717, 1.165) is 43.5 Å². The monoisotopic (exact) mass is 272 g/mol. The van der Waals surface area contributed by atoms with Gasteiger partial charge in [-0.15, -0.1) is 5.10 Å². The zero-order chi connectivity index (χ0) is 13.9. The van der Waals surface area contributed by atoms with E-state index in [9.17, 15) is 0 Å². The highest BCUT2D eigenvalue weighted by molar-refractivity contribution is 5.30. The van der Waals surface area contributed by atoms with Crippen LogP contribution in [0.1, 0.15) is 43.0 Å². The molecule has 1 aliphatic carbocycles. The summed E-state index contributed by atoms with van der Waals surface area (Å²) in [6.07, 6.45) is 6.54. The van der Waals surface area contributed by atoms with E-state index < -0.39 is 0 Å². The fraction of sp³-hybridized carbons (Fsp3) is 0.571. The summed E-state index contributed by atoms with van der Waals surface area (Å²) in [6, 6.07) is 0.349. The number of imidazole rings is 1. The molecule has 106 valence electrons. The van der Waals surface area contributed by atoms with E-state index in [1.807, 2.05) is 0 Å². The largest absolute Gasteiger partial charge is 0.350 e. The molecule has 0 spiro atoms. The van der Waals surface area contributed by atoms with Crippen LogP contribution >= 0.6 is 0 Å². The Hall–Kier alpha value is -1.98. The van der Waals surface area contributed by atoms with Gasteiger partial charge in [-0.1, -0.05) is 13.8 Å². The molecule has 1 atom stereocenters. The maximum atomic E-state index is 4.59. The first kappa shape index (κ1) is 13.0. The molecule has 2 N–H and O–H groups in total. The summed E-state index contributed by atoms with van der Waals surface area (Å²) in [7, 11) is 0. The predicted octanol–water partition coefficient (Wildman–Crippen LogP) is 1.69. The molecule has 0 bridgehead atoms. The Labute approximate surface area is 118 Å². The minimum absolute atomic E-state index is 0.349. The smallest absolute Gasteiger partial charge is 0.243 e. The van der Waals surface area contributed by atoms with Crippen LogP contribution in [0.4, 0.5) is 5.95 Å². The fourth-order valence-electron chi connectivity index (χ4n) is 2.71. The Morgan fingerprint density at radius 2 is 2.10 bits per heavy atom. The van der Waals surface area contributed by atoms with Crippen LogP contribution < -0.4 is 5.32 Å². The first-order valence-electron chi connectivity index (χ1n) is 7.30. The number of nitrogens with one attached hydrogen (secondary N) is 2. The standard InChI is InChI=1S/C14H20N6/c1-3-10-11(4-2)19-20-14(18-10)17-9-5-6-12-13(7-9)16-8-15-12/h8-9H,3-7H2,1-2H3,(H,15,16)(H,17,18,20). The highest BCUT2D eigenvalue weighted by atomic mass is 15.2. The lowest BCUT2D eigenvalue weighted by Crippen LogP contribution is -2.28. The number of anilines is 1. The van der Waals surface area contributed by atoms with Crippen molar-refractivity contribution in [2.24, 2.45) is 0 Å². The van der Waals surface area contributed by atoms with Gasteiger partial charge in [-0.2, -0.15) is 5.10 Å². The van der Waals surface area contributed by atoms with E-state index in [-0.39, 0.29) is 0 Å². The third kappa shape index (κ3) is 2.50. The first-order valence-corrected chi connectivity index (χ1v) is 7.30. The second-order valence-corrected chi connectivity index (χ2v) is 5.15. The molecule has 0 radical (unpaired) electrons. The first-order chi connectivity index (χ1) is 9.80. The number of aryl methyl sites for hydroxylation is 3. The molecular formula is C14H20N6. The molecule has 0 fully saturated rings. The average molecular weight is 272 g/mol. The molecule has 3 rings (SSSR count). The van der Waals surface area contributed by atoms with Crippen LogP contribution in [0.2, 0.25) is 0 Å². The van der Waals surface area contributed by atoms with Gasteiger partial charge in [-0.3, -0.25) is 0 Å². The Balaban J connectivity index is 1.72. The SMILES string of the molecule is CCc1nnc(NC2CCc3nc[nH]c3C2)nc1CC. The third-order valence-electron chi connectivity index (χ3n) is 3.83. The maximum absolute atomic E-state index is 4.59. The van der Waals surface area contributed by atoms with Crippen LogP contribution in [0, 0.1) is 0 Å². The molecule has 1 unspecified atom stereocenters. The van der Waals surface area contributed by atoms with Crippen molar-refractivity contribution in [3.05, 3.63) is 29.1 Å². The molecule has 20 heavy (non-hydrogen) atoms. The van der Waals surface area contributed by atoms with Gasteiger partial charge in [0.05, 0.1) is 23.4 Å². The topological polar surface area (TPSA) is 79.4 Å². The van der Waals surface area contributed by atoms with Crippen LogP contribution in [-0.4, -0.2) is 31.2 Å². The zero-order valence-corrected chi connectivity index (χ0v) is 12.0. The normalized spacial score (nSPS) is 17.8. The summed E-state index contributed by atoms with van der Waals surface area (Å²) in [6.45, 7) is 4.18. The Kier molecular flexibility index (Phi) is 3.62. The summed E-state index contributed by atoms with van der Waals surface area (Å²) in [5.74, 6) is 0.645. The lowest BCUT2D eigenvalue weighted by Gasteiger charge is -2.22. The lowest BCUT2D eigenvalue weighted by atomic mass is 9.96. The highest BCUT2D eigenvalue weighted by Gasteiger charge is 2.21. The van der Waals surface area contributed by atoms with Crippen molar-refractivity contribution in [1.29, 1.82) is 0 Å². The average Bonchev–Trinajstić information content (AvgIpc) is 2.94. The van der Waals surface area contributed by atoms with Gasteiger partial charge >= 0.3 is 0 Å². The van der Waals surface area contributed by atoms with Crippen molar-refractivity contribution in [2.45, 2.75) is 52.0 Å². The van der Waals surface area contributed by atoms with Gasteiger partial charge in [0.25, 0.3) is 0 Å². The minimum Gasteiger partial charge on any atom is -0.350 e. The quantitative estimate of drug-likeness (QED) is 0.885. The summed E-state index contributed by atoms with van der Waals surface area (Å²) >= 11 is 0. The fourth-order valence-corrected chi connectivity index (χ4v) is 2.71. The summed E-state index contributed by atoms with van der Waals surface area (Å²) in [4.78, 5) is 12.1. The van der Waals surface area contributed by atoms with Crippen LogP contribution in [0.3, 0.4) is 0 Å². The molecule has 0 saturated carbocycles. The summed E-state index contributed by atoms with van der Waals surface area (Å²) in [5.41, 5.74) is 4.46. The number of nitrogens with zero attached hydrogens (tertiary/aromatic N) is 4. The second-order valence-electron chi connectivity index (χ2n) is 5.15. The van der Waals surface area contributed by atoms with E-state index in [4.69, 9.17) is 0 Å². The van der Waals surface area contributed by atoms with Crippen LogP contribution in [0.25, 0.3) is 0 Å². The van der Waals surface area contributed by atoms with Gasteiger partial charge in [0, 0.05) is 18.2 Å². The number of fused-ring (bicyclic) bond motifs is 1. The van der Waals surface area contributed by atoms with Crippen molar-refractivity contribution in [2.75, 3.05) is 5.32 Å². The summed E-state index contributed by atoms with van der Waals surface area (Å²) < 4.78 is 0. The molecule has 6 nitrogen and oxygen atoms in total. The number of hydrogen-bond donors (Lipinski definition) is 2. The van der Waals surface area contributed by atoms with Crippen LogP contribution in [-0.2, 0) is 25.7 Å². The van der Waals surface area contributed by atoms with Gasteiger partial charge in [0.15, 0.2) is 0 Å². The van der Waals surface area contributed by atoms with Crippen molar-refractivity contribution in [3.8, 4) is 0 Å². The molecule has 1 aliphatic rings. The van der Waals surface area contributed by atoms with Crippen LogP contribution in [0.5, 0.6) is 0 Å². The van der Waals surface area contributed by atoms with E-state index in [1.54, 1.807) is 6.33 Å². The lowest BCUT2D eigenvalue weighted by molar-refractivity contribution is 0.590. The van der Waals surface area contributed by atoms with Gasteiger partial charge in [-0.25, -0.2) is 9.97 Å². The molecule has 2 aromatic heterocycles. The van der Waals surface area contributed by atoms with Gasteiger partial charge in [-0.05, 0) is 25.7 Å². The van der Waals surface area contributed by atoms with Crippen molar-refractivity contribution < 1.29 is 0 Å². The van der Waals surface area contributed by atoms with Crippen molar-refractivity contribution in [3.63, 3.8) is 0 Å². The van der Waals surface area contributed by atoms with Crippen molar-refractivity contribution >= 4 is 5.95 Å². The van der Waals surface area contributed by atoms with Gasteiger partial charge in [0.1, 0.15) is 0 Å². The number of rotatable bonds is 4. The molecule has 0 aliphatic heterocycles. The van der Waals surface area contributed by atoms with E-state index in [0.29, 0.717) is 12.0 Å². The van der Waals surface area contributed by atoms with Crippen LogP contribution in [0.15, 0.2) is 6.33 Å². The highest BCUT2D eigenvalue weighted by Crippen LogP contribution is 2.20. The number of hydrogen-bond acceptors (Lipinski definition) is 5. The Morgan fingerprint density at radius 3 is 2.90 bits per heavy atom. The number of H-pyrrole nitrogens is 1. The van der Waals surface area contributed by atoms with Gasteiger partial charge < -0.3 is 10.3 Å². The van der Waals surface area contributed by atoms with Gasteiger partial charge in [0.2, 0.25) is 5.95 Å². The third-order valence-corrected chi connectivity index (χ3v) is 3.83.